The molecule has 0 aliphatic carbocycles. The smallest absolute Gasteiger partial charge is 0.198 e. The van der Waals surface area contributed by atoms with Crippen molar-refractivity contribution in [1.82, 2.24) is 4.98 Å². The summed E-state index contributed by atoms with van der Waals surface area (Å²) in [5.74, 6) is 0.671. The fraction of sp³-hybridized carbons (Fsp3) is 0.211. The van der Waals surface area contributed by atoms with Crippen LogP contribution in [0.25, 0.3) is 10.9 Å². The maximum Gasteiger partial charge on any atom is 0.198 e. The fourth-order valence-electron chi connectivity index (χ4n) is 2.65. The topological polar surface area (TPSA) is 48.4 Å². The second-order valence-electron chi connectivity index (χ2n) is 5.89. The summed E-state index contributed by atoms with van der Waals surface area (Å²) in [4.78, 5) is 7.49. The van der Waals surface area contributed by atoms with Crippen molar-refractivity contribution in [2.45, 2.75) is 26.7 Å². The first-order valence-electron chi connectivity index (χ1n) is 7.50. The van der Waals surface area contributed by atoms with Crippen LogP contribution in [-0.4, -0.2) is 16.3 Å². The number of benzene rings is 2. The SMILES string of the molecule is Cc1cccc2[nH]c(O)c(C=Nc3ccc(C(C)C)cc3)c12. The Morgan fingerprint density at radius 1 is 1.09 bits per heavy atom. The van der Waals surface area contributed by atoms with Gasteiger partial charge in [-0.15, -0.1) is 0 Å². The van der Waals surface area contributed by atoms with Crippen LogP contribution in [-0.2, 0) is 0 Å². The van der Waals surface area contributed by atoms with Gasteiger partial charge in [-0.2, -0.15) is 0 Å². The van der Waals surface area contributed by atoms with Gasteiger partial charge < -0.3 is 10.1 Å². The molecule has 0 saturated heterocycles. The van der Waals surface area contributed by atoms with Gasteiger partial charge in [-0.3, -0.25) is 4.99 Å². The molecular weight excluding hydrogens is 272 g/mol. The van der Waals surface area contributed by atoms with Crippen molar-refractivity contribution < 1.29 is 5.11 Å². The summed E-state index contributed by atoms with van der Waals surface area (Å²) in [6, 6.07) is 14.2. The number of aromatic nitrogens is 1. The van der Waals surface area contributed by atoms with Gasteiger partial charge in [-0.05, 0) is 42.2 Å². The average Bonchev–Trinajstić information content (AvgIpc) is 2.82. The molecule has 0 saturated carbocycles. The molecule has 2 N–H and O–H groups in total. The molecule has 112 valence electrons. The van der Waals surface area contributed by atoms with E-state index in [4.69, 9.17) is 0 Å². The monoisotopic (exact) mass is 292 g/mol. The molecule has 1 heterocycles. The van der Waals surface area contributed by atoms with Gasteiger partial charge in [0, 0.05) is 17.1 Å². The molecule has 0 fully saturated rings. The lowest BCUT2D eigenvalue weighted by Gasteiger charge is -2.04. The van der Waals surface area contributed by atoms with E-state index in [1.807, 2.05) is 37.3 Å². The van der Waals surface area contributed by atoms with Gasteiger partial charge in [0.1, 0.15) is 0 Å². The van der Waals surface area contributed by atoms with Gasteiger partial charge in [0.2, 0.25) is 0 Å². The maximum atomic E-state index is 10.1. The van der Waals surface area contributed by atoms with Gasteiger partial charge in [0.15, 0.2) is 5.88 Å². The first-order chi connectivity index (χ1) is 10.6. The number of aliphatic imine (C=N–C) groups is 1. The van der Waals surface area contributed by atoms with Crippen LogP contribution in [0.15, 0.2) is 47.5 Å². The molecule has 0 spiro atoms. The van der Waals surface area contributed by atoms with Gasteiger partial charge >= 0.3 is 0 Å². The first-order valence-corrected chi connectivity index (χ1v) is 7.50. The molecule has 3 heteroatoms. The molecule has 3 aromatic rings. The predicted molar refractivity (Wildman–Crippen MR) is 92.5 cm³/mol. The Morgan fingerprint density at radius 3 is 2.50 bits per heavy atom. The fourth-order valence-corrected chi connectivity index (χ4v) is 2.65. The zero-order chi connectivity index (χ0) is 15.7. The lowest BCUT2D eigenvalue weighted by molar-refractivity contribution is 0.457. The Bertz CT molecular complexity index is 827. The van der Waals surface area contributed by atoms with Crippen LogP contribution in [0.1, 0.15) is 36.5 Å². The Labute approximate surface area is 130 Å². The van der Waals surface area contributed by atoms with Gasteiger partial charge in [0.25, 0.3) is 0 Å². The highest BCUT2D eigenvalue weighted by molar-refractivity contribution is 6.04. The van der Waals surface area contributed by atoms with Crippen LogP contribution < -0.4 is 0 Å². The minimum absolute atomic E-state index is 0.159. The number of H-pyrrole nitrogens is 1. The third-order valence-electron chi connectivity index (χ3n) is 3.95. The molecule has 0 unspecified atom stereocenters. The molecule has 0 aliphatic heterocycles. The average molecular weight is 292 g/mol. The summed E-state index contributed by atoms with van der Waals surface area (Å²) >= 11 is 0. The lowest BCUT2D eigenvalue weighted by Crippen LogP contribution is -1.85. The summed E-state index contributed by atoms with van der Waals surface area (Å²) in [6.45, 7) is 6.38. The molecular formula is C19H20N2O. The number of fused-ring (bicyclic) bond motifs is 1. The Morgan fingerprint density at radius 2 is 1.82 bits per heavy atom. The number of nitrogens with zero attached hydrogens (tertiary/aromatic N) is 1. The summed E-state index contributed by atoms with van der Waals surface area (Å²) < 4.78 is 0. The van der Waals surface area contributed by atoms with Crippen molar-refractivity contribution in [2.75, 3.05) is 0 Å². The molecule has 0 amide bonds. The van der Waals surface area contributed by atoms with Crippen molar-refractivity contribution in [2.24, 2.45) is 4.99 Å². The van der Waals surface area contributed by atoms with Gasteiger partial charge in [-0.1, -0.05) is 38.1 Å². The molecule has 0 atom stereocenters. The Kier molecular flexibility index (Phi) is 3.72. The minimum atomic E-state index is 0.159. The zero-order valence-corrected chi connectivity index (χ0v) is 13.1. The van der Waals surface area contributed by atoms with Crippen LogP contribution in [0.3, 0.4) is 0 Å². The van der Waals surface area contributed by atoms with E-state index >= 15 is 0 Å². The molecule has 3 rings (SSSR count). The van der Waals surface area contributed by atoms with Crippen LogP contribution in [0.5, 0.6) is 5.88 Å². The van der Waals surface area contributed by atoms with Crippen molar-refractivity contribution >= 4 is 22.8 Å². The Hall–Kier alpha value is -2.55. The third kappa shape index (κ3) is 2.62. The standard InChI is InChI=1S/C19H20N2O/c1-12(2)14-7-9-15(10-8-14)20-11-16-18-13(3)5-4-6-17(18)21-19(16)22/h4-12,21-22H,1-3H3. The van der Waals surface area contributed by atoms with Gasteiger partial charge in [0.05, 0.1) is 11.3 Å². The summed E-state index contributed by atoms with van der Waals surface area (Å²) in [5, 5.41) is 11.1. The normalized spacial score (nSPS) is 11.8. The Balaban J connectivity index is 1.97. The van der Waals surface area contributed by atoms with Crippen LogP contribution in [0.4, 0.5) is 5.69 Å². The highest BCUT2D eigenvalue weighted by Gasteiger charge is 2.10. The van der Waals surface area contributed by atoms with E-state index in [0.29, 0.717) is 5.92 Å². The third-order valence-corrected chi connectivity index (χ3v) is 3.95. The maximum absolute atomic E-state index is 10.1. The molecule has 1 aromatic heterocycles. The highest BCUT2D eigenvalue weighted by Crippen LogP contribution is 2.29. The van der Waals surface area contributed by atoms with Crippen molar-refractivity contribution in [3.05, 3.63) is 59.2 Å². The van der Waals surface area contributed by atoms with Crippen LogP contribution >= 0.6 is 0 Å². The van der Waals surface area contributed by atoms with E-state index in [1.165, 1.54) is 5.56 Å². The van der Waals surface area contributed by atoms with E-state index in [0.717, 1.165) is 27.7 Å². The quantitative estimate of drug-likeness (QED) is 0.651. The number of hydrogen-bond donors (Lipinski definition) is 2. The zero-order valence-electron chi connectivity index (χ0n) is 13.1. The van der Waals surface area contributed by atoms with Crippen molar-refractivity contribution in [3.63, 3.8) is 0 Å². The van der Waals surface area contributed by atoms with Crippen LogP contribution in [0.2, 0.25) is 0 Å². The molecule has 0 aliphatic rings. The predicted octanol–water partition coefficient (Wildman–Crippen LogP) is 5.06. The van der Waals surface area contributed by atoms with E-state index in [9.17, 15) is 5.11 Å². The van der Waals surface area contributed by atoms with Crippen LogP contribution in [0, 0.1) is 6.92 Å². The highest BCUT2D eigenvalue weighted by atomic mass is 16.3. The van der Waals surface area contributed by atoms with Crippen molar-refractivity contribution in [3.8, 4) is 5.88 Å². The number of aromatic amines is 1. The first kappa shape index (κ1) is 14.4. The van der Waals surface area contributed by atoms with Gasteiger partial charge in [-0.25, -0.2) is 0 Å². The van der Waals surface area contributed by atoms with Crippen molar-refractivity contribution in [1.29, 1.82) is 0 Å². The molecule has 2 aromatic carbocycles. The lowest BCUT2D eigenvalue weighted by atomic mass is 10.0. The van der Waals surface area contributed by atoms with E-state index in [-0.39, 0.29) is 5.88 Å². The molecule has 3 nitrogen and oxygen atoms in total. The number of rotatable bonds is 3. The molecule has 0 radical (unpaired) electrons. The summed E-state index contributed by atoms with van der Waals surface area (Å²) in [5.41, 5.74) is 4.96. The van der Waals surface area contributed by atoms with E-state index in [2.05, 4.69) is 36.0 Å². The molecule has 0 bridgehead atoms. The number of nitrogens with one attached hydrogen (secondary N) is 1. The number of aromatic hydroxyl groups is 1. The summed E-state index contributed by atoms with van der Waals surface area (Å²) in [6.07, 6.45) is 1.73. The van der Waals surface area contributed by atoms with E-state index < -0.39 is 0 Å². The van der Waals surface area contributed by atoms with E-state index in [1.54, 1.807) is 6.21 Å². The second-order valence-corrected chi connectivity index (χ2v) is 5.89. The largest absolute Gasteiger partial charge is 0.494 e. The summed E-state index contributed by atoms with van der Waals surface area (Å²) in [7, 11) is 0. The minimum Gasteiger partial charge on any atom is -0.494 e. The molecule has 22 heavy (non-hydrogen) atoms. The second kappa shape index (κ2) is 5.68. The number of hydrogen-bond acceptors (Lipinski definition) is 2. The number of aryl methyl sites for hydroxylation is 1.